The SMILES string of the molecule is CN(Cc1csc(Br)c1)c1nc(N)nc2nc[nH]c12. The summed E-state index contributed by atoms with van der Waals surface area (Å²) in [5, 5.41) is 2.11. The van der Waals surface area contributed by atoms with Gasteiger partial charge in [-0.05, 0) is 32.9 Å². The zero-order valence-electron chi connectivity index (χ0n) is 10.1. The summed E-state index contributed by atoms with van der Waals surface area (Å²) in [6, 6.07) is 2.09. The van der Waals surface area contributed by atoms with Crippen molar-refractivity contribution in [2.45, 2.75) is 6.54 Å². The first kappa shape index (κ1) is 12.4. The standard InChI is InChI=1S/C11H11BrN6S/c1-18(3-6-2-7(12)19-4-6)10-8-9(15-5-14-8)16-11(13)17-10/h2,4-5H,3H2,1H3,(H3,13,14,15,16,17). The normalized spacial score (nSPS) is 11.1. The third-order valence-electron chi connectivity index (χ3n) is 2.69. The van der Waals surface area contributed by atoms with E-state index >= 15 is 0 Å². The van der Waals surface area contributed by atoms with Crippen molar-refractivity contribution < 1.29 is 0 Å². The molecule has 0 bridgehead atoms. The van der Waals surface area contributed by atoms with Crippen LogP contribution in [-0.2, 0) is 6.54 Å². The van der Waals surface area contributed by atoms with Crippen LogP contribution >= 0.6 is 27.3 Å². The van der Waals surface area contributed by atoms with Crippen molar-refractivity contribution in [1.82, 2.24) is 19.9 Å². The molecule has 3 aromatic rings. The second-order valence-corrected chi connectivity index (χ2v) is 6.41. The number of nitrogens with two attached hydrogens (primary N) is 1. The molecule has 3 aromatic heterocycles. The van der Waals surface area contributed by atoms with E-state index in [1.165, 1.54) is 5.56 Å². The highest BCUT2D eigenvalue weighted by Gasteiger charge is 2.13. The maximum atomic E-state index is 5.71. The van der Waals surface area contributed by atoms with Crippen molar-refractivity contribution in [3.05, 3.63) is 27.1 Å². The van der Waals surface area contributed by atoms with Gasteiger partial charge in [0, 0.05) is 13.6 Å². The molecular weight excluding hydrogens is 328 g/mol. The lowest BCUT2D eigenvalue weighted by Gasteiger charge is -2.17. The van der Waals surface area contributed by atoms with Crippen LogP contribution in [0.1, 0.15) is 5.56 Å². The molecule has 0 unspecified atom stereocenters. The van der Waals surface area contributed by atoms with Gasteiger partial charge in [-0.3, -0.25) is 0 Å². The smallest absolute Gasteiger partial charge is 0.224 e. The maximum Gasteiger partial charge on any atom is 0.224 e. The zero-order chi connectivity index (χ0) is 13.4. The van der Waals surface area contributed by atoms with Crippen LogP contribution in [0.15, 0.2) is 21.6 Å². The fourth-order valence-electron chi connectivity index (χ4n) is 1.89. The highest BCUT2D eigenvalue weighted by molar-refractivity contribution is 9.11. The number of aromatic amines is 1. The van der Waals surface area contributed by atoms with Crippen LogP contribution in [0.3, 0.4) is 0 Å². The molecule has 6 nitrogen and oxygen atoms in total. The predicted octanol–water partition coefficient (Wildman–Crippen LogP) is 2.40. The molecule has 3 heterocycles. The molecule has 3 N–H and O–H groups in total. The number of hydrogen-bond acceptors (Lipinski definition) is 6. The van der Waals surface area contributed by atoms with Gasteiger partial charge in [0.1, 0.15) is 5.52 Å². The van der Waals surface area contributed by atoms with E-state index in [4.69, 9.17) is 5.73 Å². The molecule has 0 aliphatic heterocycles. The lowest BCUT2D eigenvalue weighted by molar-refractivity contribution is 0.904. The lowest BCUT2D eigenvalue weighted by Crippen LogP contribution is -2.18. The number of imidazole rings is 1. The molecule has 0 aliphatic carbocycles. The number of nitrogen functional groups attached to an aromatic ring is 1. The number of fused-ring (bicyclic) bond motifs is 1. The summed E-state index contributed by atoms with van der Waals surface area (Å²) in [5.74, 6) is 0.982. The van der Waals surface area contributed by atoms with E-state index in [0.29, 0.717) is 5.65 Å². The third-order valence-corrected chi connectivity index (χ3v) is 4.24. The van der Waals surface area contributed by atoms with E-state index in [1.807, 2.05) is 11.9 Å². The van der Waals surface area contributed by atoms with E-state index in [-0.39, 0.29) is 5.95 Å². The Balaban J connectivity index is 1.96. The fourth-order valence-corrected chi connectivity index (χ4v) is 3.09. The molecule has 0 aromatic carbocycles. The molecule has 0 atom stereocenters. The third kappa shape index (κ3) is 2.41. The average molecular weight is 339 g/mol. The Morgan fingerprint density at radius 1 is 1.47 bits per heavy atom. The lowest BCUT2D eigenvalue weighted by atomic mass is 10.3. The molecule has 0 amide bonds. The van der Waals surface area contributed by atoms with Crippen LogP contribution < -0.4 is 10.6 Å². The number of H-pyrrole nitrogens is 1. The van der Waals surface area contributed by atoms with Gasteiger partial charge in [0.25, 0.3) is 0 Å². The molecule has 19 heavy (non-hydrogen) atoms. The first-order valence-electron chi connectivity index (χ1n) is 5.54. The van der Waals surface area contributed by atoms with Gasteiger partial charge in [0.05, 0.1) is 10.1 Å². The van der Waals surface area contributed by atoms with Crippen molar-refractivity contribution in [2.75, 3.05) is 17.7 Å². The Morgan fingerprint density at radius 2 is 2.32 bits per heavy atom. The van der Waals surface area contributed by atoms with Crippen LogP contribution in [0.2, 0.25) is 0 Å². The molecule has 0 fully saturated rings. The predicted molar refractivity (Wildman–Crippen MR) is 80.2 cm³/mol. The monoisotopic (exact) mass is 338 g/mol. The summed E-state index contributed by atoms with van der Waals surface area (Å²) in [4.78, 5) is 17.6. The van der Waals surface area contributed by atoms with Crippen molar-refractivity contribution in [3.63, 3.8) is 0 Å². The average Bonchev–Trinajstić information content (AvgIpc) is 2.96. The Bertz CT molecular complexity index is 721. The van der Waals surface area contributed by atoms with E-state index in [2.05, 4.69) is 47.3 Å². The van der Waals surface area contributed by atoms with E-state index in [9.17, 15) is 0 Å². The minimum Gasteiger partial charge on any atom is -0.368 e. The second kappa shape index (κ2) is 4.78. The molecule has 3 rings (SSSR count). The number of rotatable bonds is 3. The summed E-state index contributed by atoms with van der Waals surface area (Å²) < 4.78 is 1.12. The summed E-state index contributed by atoms with van der Waals surface area (Å²) in [6.07, 6.45) is 1.59. The van der Waals surface area contributed by atoms with Gasteiger partial charge in [0.15, 0.2) is 11.5 Å². The molecule has 98 valence electrons. The van der Waals surface area contributed by atoms with E-state index < -0.39 is 0 Å². The van der Waals surface area contributed by atoms with Crippen molar-refractivity contribution in [2.24, 2.45) is 0 Å². The van der Waals surface area contributed by atoms with E-state index in [0.717, 1.165) is 21.7 Å². The number of hydrogen-bond donors (Lipinski definition) is 2. The number of nitrogens with zero attached hydrogens (tertiary/aromatic N) is 4. The minimum absolute atomic E-state index is 0.230. The molecule has 0 saturated carbocycles. The molecule has 8 heteroatoms. The minimum atomic E-state index is 0.230. The van der Waals surface area contributed by atoms with Crippen molar-refractivity contribution in [3.8, 4) is 0 Å². The highest BCUT2D eigenvalue weighted by atomic mass is 79.9. The topological polar surface area (TPSA) is 83.7 Å². The van der Waals surface area contributed by atoms with Gasteiger partial charge in [-0.15, -0.1) is 11.3 Å². The Labute approximate surface area is 121 Å². The summed E-state index contributed by atoms with van der Waals surface area (Å²) >= 11 is 5.12. The van der Waals surface area contributed by atoms with Gasteiger partial charge in [0.2, 0.25) is 5.95 Å². The Morgan fingerprint density at radius 3 is 3.05 bits per heavy atom. The zero-order valence-corrected chi connectivity index (χ0v) is 12.5. The van der Waals surface area contributed by atoms with Gasteiger partial charge < -0.3 is 15.6 Å². The number of anilines is 2. The molecule has 0 spiro atoms. The Kier molecular flexibility index (Phi) is 3.11. The van der Waals surface area contributed by atoms with Crippen LogP contribution in [-0.4, -0.2) is 27.0 Å². The molecule has 0 saturated heterocycles. The van der Waals surface area contributed by atoms with Crippen molar-refractivity contribution >= 4 is 50.2 Å². The number of thiophene rings is 1. The number of nitrogens with one attached hydrogen (secondary N) is 1. The first-order valence-corrected chi connectivity index (χ1v) is 7.21. The fraction of sp³-hybridized carbons (Fsp3) is 0.182. The van der Waals surface area contributed by atoms with Gasteiger partial charge >= 0.3 is 0 Å². The summed E-state index contributed by atoms with van der Waals surface area (Å²) in [7, 11) is 1.97. The largest absolute Gasteiger partial charge is 0.368 e. The van der Waals surface area contributed by atoms with E-state index in [1.54, 1.807) is 17.7 Å². The van der Waals surface area contributed by atoms with Crippen LogP contribution in [0.25, 0.3) is 11.2 Å². The number of aromatic nitrogens is 4. The second-order valence-electron chi connectivity index (χ2n) is 4.12. The number of halogens is 1. The highest BCUT2D eigenvalue weighted by Crippen LogP contribution is 2.25. The van der Waals surface area contributed by atoms with Gasteiger partial charge in [-0.25, -0.2) is 4.98 Å². The van der Waals surface area contributed by atoms with Crippen molar-refractivity contribution in [1.29, 1.82) is 0 Å². The van der Waals surface area contributed by atoms with Gasteiger partial charge in [-0.2, -0.15) is 9.97 Å². The quantitative estimate of drug-likeness (QED) is 0.766. The molecular formula is C11H11BrN6S. The Hall–Kier alpha value is -1.67. The summed E-state index contributed by atoms with van der Waals surface area (Å²) in [5.41, 5.74) is 8.30. The first-order chi connectivity index (χ1) is 9.13. The van der Waals surface area contributed by atoms with Crippen LogP contribution in [0, 0.1) is 0 Å². The molecule has 0 aliphatic rings. The summed E-state index contributed by atoms with van der Waals surface area (Å²) in [6.45, 7) is 0.743. The van der Waals surface area contributed by atoms with Gasteiger partial charge in [-0.1, -0.05) is 0 Å². The van der Waals surface area contributed by atoms with Crippen LogP contribution in [0.4, 0.5) is 11.8 Å². The van der Waals surface area contributed by atoms with Crippen LogP contribution in [0.5, 0.6) is 0 Å². The maximum absolute atomic E-state index is 5.71. The molecule has 0 radical (unpaired) electrons.